The van der Waals surface area contributed by atoms with Crippen LogP contribution in [-0.4, -0.2) is 54.0 Å². The molecular formula is C16H32N2O3. The Morgan fingerprint density at radius 2 is 2.14 bits per heavy atom. The topological polar surface area (TPSA) is 61.8 Å². The fourth-order valence-electron chi connectivity index (χ4n) is 2.59. The largest absolute Gasteiger partial charge is 0.444 e. The summed E-state index contributed by atoms with van der Waals surface area (Å²) in [5.74, 6) is 0.452. The molecule has 21 heavy (non-hydrogen) atoms. The number of aliphatic hydroxyl groups is 1. The van der Waals surface area contributed by atoms with Gasteiger partial charge in [0, 0.05) is 25.7 Å². The van der Waals surface area contributed by atoms with Gasteiger partial charge in [0.2, 0.25) is 0 Å². The van der Waals surface area contributed by atoms with Crippen LogP contribution in [0, 0.1) is 5.92 Å². The van der Waals surface area contributed by atoms with Crippen LogP contribution in [0.1, 0.15) is 53.4 Å². The maximum absolute atomic E-state index is 12.3. The van der Waals surface area contributed by atoms with Crippen molar-refractivity contribution in [2.75, 3.05) is 26.2 Å². The van der Waals surface area contributed by atoms with Crippen molar-refractivity contribution in [2.45, 2.75) is 65.0 Å². The van der Waals surface area contributed by atoms with Crippen molar-refractivity contribution in [2.24, 2.45) is 5.92 Å². The number of carbonyl (C=O) groups is 1. The number of nitrogens with one attached hydrogen (secondary N) is 1. The Labute approximate surface area is 129 Å². The molecule has 1 aliphatic rings. The summed E-state index contributed by atoms with van der Waals surface area (Å²) in [6, 6.07) is 0.218. The number of likely N-dealkylation sites (tertiary alicyclic amines) is 1. The monoisotopic (exact) mass is 300 g/mol. The van der Waals surface area contributed by atoms with Crippen LogP contribution in [0.4, 0.5) is 4.79 Å². The zero-order valence-corrected chi connectivity index (χ0v) is 14.0. The summed E-state index contributed by atoms with van der Waals surface area (Å²) in [5, 5.41) is 12.3. The van der Waals surface area contributed by atoms with Gasteiger partial charge in [-0.25, -0.2) is 4.79 Å². The van der Waals surface area contributed by atoms with E-state index in [1.807, 2.05) is 25.7 Å². The Balaban J connectivity index is 2.44. The summed E-state index contributed by atoms with van der Waals surface area (Å²) in [5.41, 5.74) is -0.442. The Kier molecular flexibility index (Phi) is 7.46. The Morgan fingerprint density at radius 1 is 1.43 bits per heavy atom. The number of ether oxygens (including phenoxy) is 1. The van der Waals surface area contributed by atoms with Crippen molar-refractivity contribution >= 4 is 6.09 Å². The van der Waals surface area contributed by atoms with Gasteiger partial charge in [-0.05, 0) is 58.9 Å². The highest BCUT2D eigenvalue weighted by molar-refractivity contribution is 5.68. The van der Waals surface area contributed by atoms with Gasteiger partial charge >= 0.3 is 6.09 Å². The Hall–Kier alpha value is -0.810. The lowest BCUT2D eigenvalue weighted by atomic mass is 10.0. The fraction of sp³-hybridized carbons (Fsp3) is 0.938. The number of rotatable bonds is 6. The van der Waals surface area contributed by atoms with E-state index in [-0.39, 0.29) is 18.7 Å². The van der Waals surface area contributed by atoms with E-state index >= 15 is 0 Å². The minimum atomic E-state index is -0.442. The van der Waals surface area contributed by atoms with Gasteiger partial charge in [0.1, 0.15) is 5.60 Å². The zero-order valence-electron chi connectivity index (χ0n) is 14.0. The second-order valence-electron chi connectivity index (χ2n) is 7.10. The molecule has 2 atom stereocenters. The summed E-state index contributed by atoms with van der Waals surface area (Å²) < 4.78 is 5.50. The minimum Gasteiger partial charge on any atom is -0.444 e. The molecule has 1 amide bonds. The first-order valence-corrected chi connectivity index (χ1v) is 8.14. The van der Waals surface area contributed by atoms with Gasteiger partial charge in [-0.2, -0.15) is 0 Å². The lowest BCUT2D eigenvalue weighted by molar-refractivity contribution is 0.00989. The summed E-state index contributed by atoms with van der Waals surface area (Å²) >= 11 is 0. The minimum absolute atomic E-state index is 0.197. The van der Waals surface area contributed by atoms with E-state index in [2.05, 4.69) is 12.2 Å². The second kappa shape index (κ2) is 8.59. The molecule has 1 saturated heterocycles. The van der Waals surface area contributed by atoms with Crippen molar-refractivity contribution in [3.05, 3.63) is 0 Å². The molecule has 1 aliphatic heterocycles. The normalized spacial score (nSPS) is 21.2. The highest BCUT2D eigenvalue weighted by atomic mass is 16.6. The maximum atomic E-state index is 12.3. The predicted octanol–water partition coefficient (Wildman–Crippen LogP) is 2.38. The van der Waals surface area contributed by atoms with Crippen molar-refractivity contribution in [3.63, 3.8) is 0 Å². The lowest BCUT2D eigenvalue weighted by Gasteiger charge is -2.37. The van der Waals surface area contributed by atoms with Gasteiger partial charge in [0.05, 0.1) is 0 Å². The first kappa shape index (κ1) is 18.2. The van der Waals surface area contributed by atoms with Gasteiger partial charge < -0.3 is 20.1 Å². The van der Waals surface area contributed by atoms with Crippen LogP contribution in [-0.2, 0) is 4.74 Å². The van der Waals surface area contributed by atoms with E-state index in [0.29, 0.717) is 5.92 Å². The van der Waals surface area contributed by atoms with Crippen molar-refractivity contribution < 1.29 is 14.6 Å². The smallest absolute Gasteiger partial charge is 0.410 e. The van der Waals surface area contributed by atoms with Crippen LogP contribution in [0.15, 0.2) is 0 Å². The summed E-state index contributed by atoms with van der Waals surface area (Å²) in [4.78, 5) is 14.1. The molecule has 1 rings (SSSR count). The van der Waals surface area contributed by atoms with Crippen molar-refractivity contribution in [1.29, 1.82) is 0 Å². The van der Waals surface area contributed by atoms with Gasteiger partial charge in [-0.1, -0.05) is 6.92 Å². The van der Waals surface area contributed by atoms with Crippen LogP contribution in [0.2, 0.25) is 0 Å². The second-order valence-corrected chi connectivity index (χ2v) is 7.10. The number of hydrogen-bond donors (Lipinski definition) is 2. The molecule has 0 saturated carbocycles. The molecule has 5 nitrogen and oxygen atoms in total. The number of piperidine rings is 1. The first-order chi connectivity index (χ1) is 9.83. The molecule has 2 unspecified atom stereocenters. The first-order valence-electron chi connectivity index (χ1n) is 8.14. The van der Waals surface area contributed by atoms with E-state index in [1.165, 1.54) is 0 Å². The van der Waals surface area contributed by atoms with Gasteiger partial charge in [-0.15, -0.1) is 0 Å². The Morgan fingerprint density at radius 3 is 2.76 bits per heavy atom. The average Bonchev–Trinajstić information content (AvgIpc) is 2.37. The molecule has 0 spiro atoms. The van der Waals surface area contributed by atoms with E-state index in [9.17, 15) is 4.79 Å². The summed E-state index contributed by atoms with van der Waals surface area (Å²) in [6.07, 6.45) is 3.86. The highest BCUT2D eigenvalue weighted by Gasteiger charge is 2.30. The van der Waals surface area contributed by atoms with Gasteiger partial charge in [-0.3, -0.25) is 0 Å². The van der Waals surface area contributed by atoms with E-state index in [0.717, 1.165) is 45.3 Å². The van der Waals surface area contributed by atoms with E-state index in [4.69, 9.17) is 9.84 Å². The molecule has 1 fully saturated rings. The van der Waals surface area contributed by atoms with Crippen molar-refractivity contribution in [3.8, 4) is 0 Å². The molecule has 0 aromatic heterocycles. The Bertz CT molecular complexity index is 315. The molecular weight excluding hydrogens is 268 g/mol. The van der Waals surface area contributed by atoms with Crippen LogP contribution >= 0.6 is 0 Å². The molecule has 0 aromatic carbocycles. The summed E-state index contributed by atoms with van der Waals surface area (Å²) in [6.45, 7) is 10.5. The molecule has 124 valence electrons. The molecule has 0 bridgehead atoms. The molecule has 0 aliphatic carbocycles. The van der Waals surface area contributed by atoms with E-state index < -0.39 is 5.60 Å². The third-order valence-electron chi connectivity index (χ3n) is 3.75. The number of aliphatic hydroxyl groups excluding tert-OH is 1. The van der Waals surface area contributed by atoms with Gasteiger partial charge in [0.25, 0.3) is 0 Å². The number of hydrogen-bond acceptors (Lipinski definition) is 4. The zero-order chi connectivity index (χ0) is 15.9. The SMILES string of the molecule is CC(CCO)CNCC1CCCCN1C(=O)OC(C)(C)C. The molecule has 2 N–H and O–H groups in total. The van der Waals surface area contributed by atoms with Gasteiger partial charge in [0.15, 0.2) is 0 Å². The van der Waals surface area contributed by atoms with Crippen LogP contribution in [0.3, 0.4) is 0 Å². The molecule has 5 heteroatoms. The predicted molar refractivity (Wildman–Crippen MR) is 84.3 cm³/mol. The van der Waals surface area contributed by atoms with Crippen molar-refractivity contribution in [1.82, 2.24) is 10.2 Å². The molecule has 1 heterocycles. The van der Waals surface area contributed by atoms with E-state index in [1.54, 1.807) is 0 Å². The quantitative estimate of drug-likeness (QED) is 0.790. The average molecular weight is 300 g/mol. The number of amides is 1. The standard InChI is InChI=1S/C16H32N2O3/c1-13(8-10-19)11-17-12-14-7-5-6-9-18(14)15(20)21-16(2,3)4/h13-14,17,19H,5-12H2,1-4H3. The third kappa shape index (κ3) is 7.14. The molecule has 0 radical (unpaired) electrons. The van der Waals surface area contributed by atoms with Crippen LogP contribution < -0.4 is 5.32 Å². The van der Waals surface area contributed by atoms with Crippen LogP contribution in [0.5, 0.6) is 0 Å². The number of nitrogens with zero attached hydrogens (tertiary/aromatic N) is 1. The number of carbonyl (C=O) groups excluding carboxylic acids is 1. The third-order valence-corrected chi connectivity index (χ3v) is 3.75. The maximum Gasteiger partial charge on any atom is 0.410 e. The lowest BCUT2D eigenvalue weighted by Crippen LogP contribution is -2.50. The van der Waals surface area contributed by atoms with Crippen LogP contribution in [0.25, 0.3) is 0 Å². The highest BCUT2D eigenvalue weighted by Crippen LogP contribution is 2.20. The summed E-state index contributed by atoms with van der Waals surface area (Å²) in [7, 11) is 0. The fourth-order valence-corrected chi connectivity index (χ4v) is 2.59. The molecule has 0 aromatic rings.